The molecule has 1 atom stereocenters. The Balaban J connectivity index is 0.00000169. The number of likely N-dealkylation sites (N-methyl/N-ethyl adjacent to an activating group) is 1. The van der Waals surface area contributed by atoms with Gasteiger partial charge in [0.25, 0.3) is 0 Å². The van der Waals surface area contributed by atoms with Crippen LogP contribution >= 0.6 is 24.8 Å². The first-order valence-corrected chi connectivity index (χ1v) is 8.53. The summed E-state index contributed by atoms with van der Waals surface area (Å²) in [4.78, 5) is 29.7. The number of carbonyl (C=O) groups is 1. The summed E-state index contributed by atoms with van der Waals surface area (Å²) in [5, 5.41) is 3.10. The highest BCUT2D eigenvalue weighted by atomic mass is 35.5. The number of H-pyrrole nitrogens is 1. The van der Waals surface area contributed by atoms with Crippen molar-refractivity contribution in [3.8, 4) is 0 Å². The summed E-state index contributed by atoms with van der Waals surface area (Å²) in [7, 11) is 1.83. The zero-order valence-electron chi connectivity index (χ0n) is 14.9. The van der Waals surface area contributed by atoms with Crippen LogP contribution in [0.1, 0.15) is 32.1 Å². The number of carbonyl (C=O) groups excluding carboxylic acids is 1. The fourth-order valence-corrected chi connectivity index (χ4v) is 3.49. The second-order valence-electron chi connectivity index (χ2n) is 6.46. The molecule has 1 fully saturated rings. The van der Waals surface area contributed by atoms with E-state index in [2.05, 4.69) is 25.3 Å². The van der Waals surface area contributed by atoms with E-state index in [9.17, 15) is 4.79 Å². The average Bonchev–Trinajstić information content (AvgIpc) is 3.09. The number of halogens is 2. The Kier molecular flexibility index (Phi) is 9.04. The largest absolute Gasteiger partial charge is 0.350 e. The van der Waals surface area contributed by atoms with Crippen molar-refractivity contribution < 1.29 is 4.79 Å². The summed E-state index contributed by atoms with van der Waals surface area (Å²) >= 11 is 0. The average molecular weight is 404 g/mol. The molecule has 1 aliphatic rings. The molecule has 26 heavy (non-hydrogen) atoms. The Morgan fingerprint density at radius 3 is 2.73 bits per heavy atom. The first kappa shape index (κ1) is 22.4. The van der Waals surface area contributed by atoms with Crippen LogP contribution in [0.3, 0.4) is 0 Å². The van der Waals surface area contributed by atoms with Gasteiger partial charge in [0.15, 0.2) is 11.5 Å². The summed E-state index contributed by atoms with van der Waals surface area (Å²) in [6, 6.07) is 0.0590. The van der Waals surface area contributed by atoms with E-state index >= 15 is 0 Å². The lowest BCUT2D eigenvalue weighted by Crippen LogP contribution is -2.48. The number of rotatable bonds is 6. The van der Waals surface area contributed by atoms with Gasteiger partial charge in [-0.1, -0.05) is 19.3 Å². The lowest BCUT2D eigenvalue weighted by atomic mass is 9.84. The predicted octanol–water partition coefficient (Wildman–Crippen LogP) is 1.66. The van der Waals surface area contributed by atoms with Crippen LogP contribution in [0, 0.1) is 5.92 Å². The predicted molar refractivity (Wildman–Crippen MR) is 107 cm³/mol. The molecule has 0 bridgehead atoms. The van der Waals surface area contributed by atoms with Crippen LogP contribution in [-0.4, -0.2) is 52.0 Å². The van der Waals surface area contributed by atoms with Gasteiger partial charge in [0.2, 0.25) is 5.91 Å². The Bertz CT molecular complexity index is 690. The molecule has 0 saturated heterocycles. The number of aromatic amines is 1. The fourth-order valence-electron chi connectivity index (χ4n) is 3.49. The summed E-state index contributed by atoms with van der Waals surface area (Å²) < 4.78 is 0. The molecule has 1 unspecified atom stereocenters. The molecule has 0 aromatic carbocycles. The second-order valence-corrected chi connectivity index (χ2v) is 6.46. The minimum absolute atomic E-state index is 0. The van der Waals surface area contributed by atoms with Crippen molar-refractivity contribution in [2.75, 3.05) is 25.0 Å². The van der Waals surface area contributed by atoms with Crippen LogP contribution in [0.15, 0.2) is 12.7 Å². The van der Waals surface area contributed by atoms with E-state index in [0.717, 1.165) is 18.4 Å². The first-order valence-electron chi connectivity index (χ1n) is 8.53. The summed E-state index contributed by atoms with van der Waals surface area (Å²) in [6.07, 6.45) is 9.09. The van der Waals surface area contributed by atoms with Crippen molar-refractivity contribution in [2.24, 2.45) is 11.7 Å². The van der Waals surface area contributed by atoms with Crippen LogP contribution in [0.2, 0.25) is 0 Å². The lowest BCUT2D eigenvalue weighted by molar-refractivity contribution is -0.120. The van der Waals surface area contributed by atoms with Crippen LogP contribution in [-0.2, 0) is 4.79 Å². The molecule has 3 rings (SSSR count). The van der Waals surface area contributed by atoms with E-state index in [1.165, 1.54) is 25.6 Å². The van der Waals surface area contributed by atoms with Crippen LogP contribution in [0.4, 0.5) is 5.82 Å². The number of imidazole rings is 1. The number of aromatic nitrogens is 4. The van der Waals surface area contributed by atoms with Crippen molar-refractivity contribution in [3.05, 3.63) is 12.7 Å². The van der Waals surface area contributed by atoms with Crippen LogP contribution in [0.5, 0.6) is 0 Å². The van der Waals surface area contributed by atoms with E-state index in [-0.39, 0.29) is 43.3 Å². The van der Waals surface area contributed by atoms with Gasteiger partial charge in [-0.2, -0.15) is 0 Å². The number of nitrogens with one attached hydrogen (secondary N) is 2. The van der Waals surface area contributed by atoms with E-state index < -0.39 is 0 Å². The molecule has 2 heterocycles. The van der Waals surface area contributed by atoms with E-state index in [1.54, 1.807) is 11.2 Å². The molecule has 1 amide bonds. The zero-order chi connectivity index (χ0) is 16.9. The molecular weight excluding hydrogens is 377 g/mol. The SMILES string of the molecule is CN(CC(=O)NC(CN)C1CCCCC1)c1ncnc2nc[nH]c12.Cl.Cl. The van der Waals surface area contributed by atoms with Gasteiger partial charge < -0.3 is 20.9 Å². The van der Waals surface area contributed by atoms with Crippen molar-refractivity contribution in [2.45, 2.75) is 38.1 Å². The topological polar surface area (TPSA) is 113 Å². The van der Waals surface area contributed by atoms with Crippen molar-refractivity contribution in [1.82, 2.24) is 25.3 Å². The van der Waals surface area contributed by atoms with E-state index in [1.807, 2.05) is 7.05 Å². The first-order chi connectivity index (χ1) is 11.7. The number of nitrogens with two attached hydrogens (primary N) is 1. The molecule has 4 N–H and O–H groups in total. The van der Waals surface area contributed by atoms with Gasteiger partial charge in [-0.05, 0) is 18.8 Å². The van der Waals surface area contributed by atoms with E-state index in [0.29, 0.717) is 23.9 Å². The maximum Gasteiger partial charge on any atom is 0.239 e. The molecule has 8 nitrogen and oxygen atoms in total. The smallest absolute Gasteiger partial charge is 0.239 e. The molecule has 0 radical (unpaired) electrons. The molecule has 2 aromatic rings. The van der Waals surface area contributed by atoms with Crippen LogP contribution in [0.25, 0.3) is 11.2 Å². The van der Waals surface area contributed by atoms with Crippen LogP contribution < -0.4 is 16.0 Å². The Morgan fingerprint density at radius 2 is 2.04 bits per heavy atom. The Labute approximate surface area is 165 Å². The second kappa shape index (κ2) is 10.5. The molecular formula is C16H27Cl2N7O. The maximum atomic E-state index is 12.4. The van der Waals surface area contributed by atoms with Gasteiger partial charge in [0, 0.05) is 19.6 Å². The highest BCUT2D eigenvalue weighted by molar-refractivity contribution is 5.87. The minimum Gasteiger partial charge on any atom is -0.350 e. The Hall–Kier alpha value is -1.64. The van der Waals surface area contributed by atoms with Gasteiger partial charge in [-0.15, -0.1) is 24.8 Å². The number of fused-ring (bicyclic) bond motifs is 1. The number of hydrogen-bond acceptors (Lipinski definition) is 6. The zero-order valence-corrected chi connectivity index (χ0v) is 16.5. The normalized spacial score (nSPS) is 15.6. The summed E-state index contributed by atoms with van der Waals surface area (Å²) in [6.45, 7) is 0.701. The maximum absolute atomic E-state index is 12.4. The van der Waals surface area contributed by atoms with Gasteiger partial charge in [-0.3, -0.25) is 4.79 Å². The van der Waals surface area contributed by atoms with E-state index in [4.69, 9.17) is 5.73 Å². The summed E-state index contributed by atoms with van der Waals surface area (Å²) in [5.41, 5.74) is 7.22. The molecule has 1 aliphatic carbocycles. The molecule has 0 aliphatic heterocycles. The van der Waals surface area contributed by atoms with Crippen molar-refractivity contribution in [1.29, 1.82) is 0 Å². The highest BCUT2D eigenvalue weighted by Crippen LogP contribution is 2.26. The quantitative estimate of drug-likeness (QED) is 0.675. The molecule has 0 spiro atoms. The third-order valence-corrected chi connectivity index (χ3v) is 4.76. The highest BCUT2D eigenvalue weighted by Gasteiger charge is 2.24. The van der Waals surface area contributed by atoms with Crippen molar-refractivity contribution in [3.63, 3.8) is 0 Å². The Morgan fingerprint density at radius 1 is 1.31 bits per heavy atom. The minimum atomic E-state index is -0.0372. The number of anilines is 1. The number of amides is 1. The number of hydrogen-bond donors (Lipinski definition) is 3. The van der Waals surface area contributed by atoms with Gasteiger partial charge in [0.1, 0.15) is 11.8 Å². The van der Waals surface area contributed by atoms with Gasteiger partial charge in [-0.25, -0.2) is 15.0 Å². The number of nitrogens with zero attached hydrogens (tertiary/aromatic N) is 4. The fraction of sp³-hybridized carbons (Fsp3) is 0.625. The van der Waals surface area contributed by atoms with Gasteiger partial charge >= 0.3 is 0 Å². The van der Waals surface area contributed by atoms with Crippen molar-refractivity contribution >= 4 is 47.7 Å². The molecule has 1 saturated carbocycles. The third kappa shape index (κ3) is 5.18. The monoisotopic (exact) mass is 403 g/mol. The molecule has 10 heteroatoms. The molecule has 2 aromatic heterocycles. The lowest BCUT2D eigenvalue weighted by Gasteiger charge is -2.30. The van der Waals surface area contributed by atoms with Gasteiger partial charge in [0.05, 0.1) is 12.9 Å². The third-order valence-electron chi connectivity index (χ3n) is 4.76. The molecule has 146 valence electrons. The standard InChI is InChI=1S/C16H25N7O.2ClH/c1-23(16-14-15(19-9-18-14)20-10-21-16)8-13(24)22-12(7-17)11-5-3-2-4-6-11;;/h9-12H,2-8,17H2,1H3,(H,22,24)(H,18,19,20,21);2*1H. The summed E-state index contributed by atoms with van der Waals surface area (Å²) in [5.74, 6) is 1.12.